The van der Waals surface area contributed by atoms with Crippen LogP contribution in [0.5, 0.6) is 5.75 Å². The van der Waals surface area contributed by atoms with Crippen LogP contribution in [0, 0.1) is 5.41 Å². The third-order valence-corrected chi connectivity index (χ3v) is 5.42. The summed E-state index contributed by atoms with van der Waals surface area (Å²) in [6.45, 7) is 6.97. The zero-order chi connectivity index (χ0) is 19.9. The van der Waals surface area contributed by atoms with E-state index in [4.69, 9.17) is 4.74 Å². The highest BCUT2D eigenvalue weighted by molar-refractivity contribution is 5.68. The molecule has 1 aromatic rings. The molecule has 4 nitrogen and oxygen atoms in total. The molecule has 1 spiro atoms. The van der Waals surface area contributed by atoms with E-state index in [0.29, 0.717) is 19.0 Å². The van der Waals surface area contributed by atoms with E-state index in [9.17, 15) is 18.0 Å². The molecule has 27 heavy (non-hydrogen) atoms. The van der Waals surface area contributed by atoms with Crippen molar-refractivity contribution in [3.8, 4) is 5.75 Å². The van der Waals surface area contributed by atoms with Gasteiger partial charge in [-0.2, -0.15) is 0 Å². The monoisotopic (exact) mass is 385 g/mol. The Bertz CT molecular complexity index is 663. The molecule has 2 aliphatic rings. The predicted molar refractivity (Wildman–Crippen MR) is 94.6 cm³/mol. The van der Waals surface area contributed by atoms with Crippen molar-refractivity contribution in [1.29, 1.82) is 0 Å². The zero-order valence-electron chi connectivity index (χ0n) is 15.9. The molecule has 0 atom stereocenters. The lowest BCUT2D eigenvalue weighted by Crippen LogP contribution is -2.49. The normalized spacial score (nSPS) is 20.3. The van der Waals surface area contributed by atoms with E-state index in [2.05, 4.69) is 4.74 Å². The second-order valence-electron chi connectivity index (χ2n) is 8.69. The minimum Gasteiger partial charge on any atom is -0.444 e. The molecule has 1 aliphatic carbocycles. The number of likely N-dealkylation sites (tertiary alicyclic amines) is 1. The Balaban J connectivity index is 1.49. The van der Waals surface area contributed by atoms with Gasteiger partial charge in [-0.15, -0.1) is 13.2 Å². The summed E-state index contributed by atoms with van der Waals surface area (Å²) in [5.74, 6) is 0.170. The molecular formula is C20H26F3NO3. The second-order valence-corrected chi connectivity index (χ2v) is 8.69. The van der Waals surface area contributed by atoms with Gasteiger partial charge in [0.05, 0.1) is 0 Å². The molecule has 1 aromatic carbocycles. The first kappa shape index (κ1) is 19.8. The molecule has 1 aliphatic heterocycles. The molecule has 7 heteroatoms. The van der Waals surface area contributed by atoms with Gasteiger partial charge in [0, 0.05) is 13.1 Å². The number of nitrogens with zero attached hydrogens (tertiary/aromatic N) is 1. The molecule has 150 valence electrons. The first-order chi connectivity index (χ1) is 12.4. The number of carbonyl (C=O) groups excluding carboxylic acids is 1. The Morgan fingerprint density at radius 1 is 1.07 bits per heavy atom. The Kier molecular flexibility index (Phi) is 5.08. The summed E-state index contributed by atoms with van der Waals surface area (Å²) in [5, 5.41) is 0. The average molecular weight is 385 g/mol. The first-order valence-electron chi connectivity index (χ1n) is 9.28. The van der Waals surface area contributed by atoms with Crippen molar-refractivity contribution in [2.45, 2.75) is 64.3 Å². The van der Waals surface area contributed by atoms with Gasteiger partial charge in [0.2, 0.25) is 0 Å². The standard InChI is InChI=1S/C20H26F3NO3/c1-18(2,3)27-17(25)24-10-8-19(9-11-24)12-15(13-19)14-4-6-16(7-5-14)26-20(21,22)23/h4-7,15H,8-13H2,1-3H3. The lowest BCUT2D eigenvalue weighted by molar-refractivity contribution is -0.274. The van der Waals surface area contributed by atoms with Crippen LogP contribution in [-0.2, 0) is 4.74 Å². The summed E-state index contributed by atoms with van der Waals surface area (Å²) >= 11 is 0. The van der Waals surface area contributed by atoms with Crippen LogP contribution in [0.3, 0.4) is 0 Å². The van der Waals surface area contributed by atoms with Crippen molar-refractivity contribution >= 4 is 6.09 Å². The van der Waals surface area contributed by atoms with E-state index < -0.39 is 12.0 Å². The van der Waals surface area contributed by atoms with Gasteiger partial charge in [0.15, 0.2) is 0 Å². The van der Waals surface area contributed by atoms with Crippen LogP contribution in [-0.4, -0.2) is 36.0 Å². The van der Waals surface area contributed by atoms with E-state index in [1.807, 2.05) is 20.8 Å². The topological polar surface area (TPSA) is 38.8 Å². The molecule has 1 saturated heterocycles. The number of alkyl halides is 3. The summed E-state index contributed by atoms with van der Waals surface area (Å²) in [7, 11) is 0. The molecule has 3 rings (SSSR count). The lowest BCUT2D eigenvalue weighted by atomic mass is 9.56. The van der Waals surface area contributed by atoms with E-state index in [-0.39, 0.29) is 17.3 Å². The molecule has 0 radical (unpaired) electrons. The number of hydrogen-bond donors (Lipinski definition) is 0. The molecule has 1 heterocycles. The highest BCUT2D eigenvalue weighted by Crippen LogP contribution is 2.56. The third kappa shape index (κ3) is 5.08. The van der Waals surface area contributed by atoms with Gasteiger partial charge in [-0.3, -0.25) is 0 Å². The number of hydrogen-bond acceptors (Lipinski definition) is 3. The molecular weight excluding hydrogens is 359 g/mol. The van der Waals surface area contributed by atoms with Crippen molar-refractivity contribution in [3.63, 3.8) is 0 Å². The Hall–Kier alpha value is -1.92. The predicted octanol–water partition coefficient (Wildman–Crippen LogP) is 5.48. The van der Waals surface area contributed by atoms with Gasteiger partial charge in [0.1, 0.15) is 11.4 Å². The van der Waals surface area contributed by atoms with Crippen molar-refractivity contribution in [3.05, 3.63) is 29.8 Å². The minimum atomic E-state index is -4.66. The molecule has 0 unspecified atom stereocenters. The fourth-order valence-electron chi connectivity index (χ4n) is 4.06. The van der Waals surface area contributed by atoms with Crippen molar-refractivity contribution in [2.75, 3.05) is 13.1 Å². The maximum absolute atomic E-state index is 12.2. The van der Waals surface area contributed by atoms with Gasteiger partial charge in [-0.05, 0) is 75.5 Å². The smallest absolute Gasteiger partial charge is 0.444 e. The van der Waals surface area contributed by atoms with Gasteiger partial charge in [-0.1, -0.05) is 12.1 Å². The lowest BCUT2D eigenvalue weighted by Gasteiger charge is -2.52. The van der Waals surface area contributed by atoms with Gasteiger partial charge < -0.3 is 14.4 Å². The van der Waals surface area contributed by atoms with Crippen LogP contribution >= 0.6 is 0 Å². The van der Waals surface area contributed by atoms with Gasteiger partial charge >= 0.3 is 12.5 Å². The number of piperidine rings is 1. The first-order valence-corrected chi connectivity index (χ1v) is 9.28. The van der Waals surface area contributed by atoms with Crippen LogP contribution in [0.15, 0.2) is 24.3 Å². The zero-order valence-corrected chi connectivity index (χ0v) is 15.9. The number of benzene rings is 1. The highest BCUT2D eigenvalue weighted by atomic mass is 19.4. The van der Waals surface area contributed by atoms with Crippen LogP contribution < -0.4 is 4.74 Å². The fourth-order valence-corrected chi connectivity index (χ4v) is 4.06. The van der Waals surface area contributed by atoms with Crippen LogP contribution in [0.1, 0.15) is 57.9 Å². The molecule has 1 amide bonds. The number of amides is 1. The third-order valence-electron chi connectivity index (χ3n) is 5.42. The fraction of sp³-hybridized carbons (Fsp3) is 0.650. The van der Waals surface area contributed by atoms with E-state index in [1.165, 1.54) is 12.1 Å². The quantitative estimate of drug-likeness (QED) is 0.677. The molecule has 1 saturated carbocycles. The summed E-state index contributed by atoms with van der Waals surface area (Å²) in [5.41, 5.74) is 0.796. The Morgan fingerprint density at radius 2 is 1.63 bits per heavy atom. The number of halogens is 3. The molecule has 0 aromatic heterocycles. The van der Waals surface area contributed by atoms with Gasteiger partial charge in [-0.25, -0.2) is 4.79 Å². The summed E-state index contributed by atoms with van der Waals surface area (Å²) in [6, 6.07) is 6.18. The Morgan fingerprint density at radius 3 is 2.11 bits per heavy atom. The number of carbonyl (C=O) groups is 1. The Labute approximate surface area is 157 Å². The summed E-state index contributed by atoms with van der Waals surface area (Å²) in [6.07, 6.45) is -1.02. The minimum absolute atomic E-state index is 0.189. The SMILES string of the molecule is CC(C)(C)OC(=O)N1CCC2(CC1)CC(c1ccc(OC(F)(F)F)cc1)C2. The number of ether oxygens (including phenoxy) is 2. The highest BCUT2D eigenvalue weighted by Gasteiger charge is 2.47. The maximum Gasteiger partial charge on any atom is 0.573 e. The van der Waals surface area contributed by atoms with E-state index in [1.54, 1.807) is 17.0 Å². The van der Waals surface area contributed by atoms with E-state index in [0.717, 1.165) is 31.2 Å². The second kappa shape index (κ2) is 6.91. The van der Waals surface area contributed by atoms with Crippen LogP contribution in [0.25, 0.3) is 0 Å². The molecule has 0 N–H and O–H groups in total. The van der Waals surface area contributed by atoms with Crippen LogP contribution in [0.4, 0.5) is 18.0 Å². The van der Waals surface area contributed by atoms with Gasteiger partial charge in [0.25, 0.3) is 0 Å². The van der Waals surface area contributed by atoms with Crippen molar-refractivity contribution < 1.29 is 27.4 Å². The number of rotatable bonds is 2. The summed E-state index contributed by atoms with van der Waals surface area (Å²) in [4.78, 5) is 13.9. The van der Waals surface area contributed by atoms with Crippen molar-refractivity contribution in [2.24, 2.45) is 5.41 Å². The van der Waals surface area contributed by atoms with Crippen LogP contribution in [0.2, 0.25) is 0 Å². The maximum atomic E-state index is 12.2. The van der Waals surface area contributed by atoms with E-state index >= 15 is 0 Å². The summed E-state index contributed by atoms with van der Waals surface area (Å²) < 4.78 is 46.1. The average Bonchev–Trinajstić information content (AvgIpc) is 2.50. The molecule has 0 bridgehead atoms. The molecule has 2 fully saturated rings. The van der Waals surface area contributed by atoms with Crippen molar-refractivity contribution in [1.82, 2.24) is 4.90 Å². The largest absolute Gasteiger partial charge is 0.573 e.